The molecule has 0 unspecified atom stereocenters. The fourth-order valence-electron chi connectivity index (χ4n) is 2.30. The molecule has 1 N–H and O–H groups in total. The predicted molar refractivity (Wildman–Crippen MR) is 91.0 cm³/mol. The first-order chi connectivity index (χ1) is 9.81. The quantitative estimate of drug-likeness (QED) is 0.872. The number of likely N-dealkylation sites (N-methyl/N-ethyl adjacent to an activating group) is 1. The highest BCUT2D eigenvalue weighted by Crippen LogP contribution is 2.23. The maximum Gasteiger partial charge on any atom is 0.179 e. The maximum atomic E-state index is 12.4. The molecule has 0 bridgehead atoms. The van der Waals surface area contributed by atoms with Crippen LogP contribution >= 0.6 is 0 Å². The summed E-state index contributed by atoms with van der Waals surface area (Å²) in [5, 5.41) is 9.75. The highest BCUT2D eigenvalue weighted by Gasteiger charge is 2.20. The summed E-state index contributed by atoms with van der Waals surface area (Å²) in [4.78, 5) is 2.19. The maximum absolute atomic E-state index is 12.4. The largest absolute Gasteiger partial charge is 0.389 e. The smallest absolute Gasteiger partial charge is 0.179 e. The summed E-state index contributed by atoms with van der Waals surface area (Å²) in [6, 6.07) is 7.14. The van der Waals surface area contributed by atoms with Crippen LogP contribution in [0.25, 0.3) is 0 Å². The molecule has 1 aromatic rings. The van der Waals surface area contributed by atoms with Gasteiger partial charge in [0.15, 0.2) is 9.84 Å². The first-order valence-corrected chi connectivity index (χ1v) is 9.21. The van der Waals surface area contributed by atoms with Crippen molar-refractivity contribution in [1.29, 1.82) is 0 Å². The molecule has 0 aliphatic rings. The molecular weight excluding hydrogens is 298 g/mol. The SMILES string of the molecule is CN(CCS(=O)(=O)c1ccc(C(C)(C)C)cc1)CC(C)(C)O. The number of aliphatic hydroxyl groups is 1. The van der Waals surface area contributed by atoms with Crippen molar-refractivity contribution in [2.24, 2.45) is 0 Å². The second-order valence-corrected chi connectivity index (χ2v) is 9.75. The molecule has 1 aromatic carbocycles. The number of hydrogen-bond acceptors (Lipinski definition) is 4. The average molecular weight is 327 g/mol. The number of hydrogen-bond donors (Lipinski definition) is 1. The van der Waals surface area contributed by atoms with E-state index in [0.717, 1.165) is 5.56 Å². The Morgan fingerprint density at radius 3 is 1.95 bits per heavy atom. The molecule has 5 heteroatoms. The minimum Gasteiger partial charge on any atom is -0.389 e. The third-order valence-corrected chi connectivity index (χ3v) is 5.19. The van der Waals surface area contributed by atoms with E-state index in [1.54, 1.807) is 26.0 Å². The van der Waals surface area contributed by atoms with Gasteiger partial charge in [0.05, 0.1) is 16.2 Å². The monoisotopic (exact) mass is 327 g/mol. The molecule has 1 rings (SSSR count). The van der Waals surface area contributed by atoms with E-state index in [1.165, 1.54) is 0 Å². The van der Waals surface area contributed by atoms with Crippen LogP contribution in [0.15, 0.2) is 29.2 Å². The van der Waals surface area contributed by atoms with Crippen LogP contribution in [0.4, 0.5) is 0 Å². The lowest BCUT2D eigenvalue weighted by Crippen LogP contribution is -2.38. The molecule has 0 aromatic heterocycles. The molecule has 0 saturated carbocycles. The van der Waals surface area contributed by atoms with Crippen molar-refractivity contribution in [3.05, 3.63) is 29.8 Å². The van der Waals surface area contributed by atoms with Crippen LogP contribution in [0, 0.1) is 0 Å². The van der Waals surface area contributed by atoms with Crippen molar-refractivity contribution in [3.8, 4) is 0 Å². The van der Waals surface area contributed by atoms with Crippen LogP contribution in [0.5, 0.6) is 0 Å². The summed E-state index contributed by atoms with van der Waals surface area (Å²) in [6.07, 6.45) is 0. The van der Waals surface area contributed by atoms with Crippen LogP contribution < -0.4 is 0 Å². The zero-order chi connectivity index (χ0) is 17.2. The lowest BCUT2D eigenvalue weighted by atomic mass is 9.87. The molecule has 0 fully saturated rings. The van der Waals surface area contributed by atoms with Gasteiger partial charge in [-0.25, -0.2) is 8.42 Å². The van der Waals surface area contributed by atoms with Crippen molar-refractivity contribution in [2.45, 2.75) is 50.5 Å². The Labute approximate surface area is 135 Å². The zero-order valence-electron chi connectivity index (χ0n) is 14.5. The van der Waals surface area contributed by atoms with Gasteiger partial charge in [-0.2, -0.15) is 0 Å². The van der Waals surface area contributed by atoms with Crippen molar-refractivity contribution < 1.29 is 13.5 Å². The Morgan fingerprint density at radius 2 is 1.55 bits per heavy atom. The van der Waals surface area contributed by atoms with Gasteiger partial charge < -0.3 is 10.0 Å². The minimum absolute atomic E-state index is 0.00915. The van der Waals surface area contributed by atoms with Gasteiger partial charge in [0, 0.05) is 13.1 Å². The van der Waals surface area contributed by atoms with Crippen LogP contribution in [-0.4, -0.2) is 49.9 Å². The lowest BCUT2D eigenvalue weighted by Gasteiger charge is -2.25. The van der Waals surface area contributed by atoms with Crippen LogP contribution in [-0.2, 0) is 15.3 Å². The standard InChI is InChI=1S/C17H29NO3S/c1-16(2,3)14-7-9-15(10-8-14)22(20,21)12-11-18(6)13-17(4,5)19/h7-10,19H,11-13H2,1-6H3. The highest BCUT2D eigenvalue weighted by atomic mass is 32.2. The third kappa shape index (κ3) is 6.07. The Bertz CT molecular complexity index is 578. The van der Waals surface area contributed by atoms with Crippen molar-refractivity contribution in [2.75, 3.05) is 25.9 Å². The van der Waals surface area contributed by atoms with Gasteiger partial charge in [-0.3, -0.25) is 0 Å². The summed E-state index contributed by atoms with van der Waals surface area (Å²) < 4.78 is 24.7. The van der Waals surface area contributed by atoms with Gasteiger partial charge in [0.1, 0.15) is 0 Å². The van der Waals surface area contributed by atoms with E-state index in [0.29, 0.717) is 18.0 Å². The molecular formula is C17H29NO3S. The van der Waals surface area contributed by atoms with Gasteiger partial charge >= 0.3 is 0 Å². The Morgan fingerprint density at radius 1 is 1.05 bits per heavy atom. The lowest BCUT2D eigenvalue weighted by molar-refractivity contribution is 0.0463. The topological polar surface area (TPSA) is 57.6 Å². The molecule has 0 radical (unpaired) electrons. The van der Waals surface area contributed by atoms with Gasteiger partial charge in [-0.1, -0.05) is 32.9 Å². The molecule has 126 valence electrons. The number of sulfone groups is 1. The van der Waals surface area contributed by atoms with E-state index >= 15 is 0 Å². The Balaban J connectivity index is 2.75. The minimum atomic E-state index is -3.30. The first-order valence-electron chi connectivity index (χ1n) is 7.55. The average Bonchev–Trinajstić information content (AvgIpc) is 2.34. The second-order valence-electron chi connectivity index (χ2n) is 7.64. The van der Waals surface area contributed by atoms with Crippen LogP contribution in [0.3, 0.4) is 0 Å². The zero-order valence-corrected chi connectivity index (χ0v) is 15.4. The van der Waals surface area contributed by atoms with E-state index in [9.17, 15) is 13.5 Å². The van der Waals surface area contributed by atoms with E-state index in [4.69, 9.17) is 0 Å². The number of nitrogens with zero attached hydrogens (tertiary/aromatic N) is 1. The molecule has 0 spiro atoms. The third-order valence-electron chi connectivity index (χ3n) is 3.48. The molecule has 0 heterocycles. The van der Waals surface area contributed by atoms with Crippen molar-refractivity contribution >= 4 is 9.84 Å². The Kier molecular flexibility index (Phi) is 5.82. The van der Waals surface area contributed by atoms with E-state index in [2.05, 4.69) is 20.8 Å². The number of rotatable bonds is 6. The van der Waals surface area contributed by atoms with E-state index in [-0.39, 0.29) is 11.2 Å². The molecule has 0 saturated heterocycles. The summed E-state index contributed by atoms with van der Waals surface area (Å²) in [7, 11) is -1.48. The first kappa shape index (κ1) is 19.1. The summed E-state index contributed by atoms with van der Waals surface area (Å²) in [6.45, 7) is 10.6. The molecule has 0 aliphatic heterocycles. The molecule has 0 amide bonds. The molecule has 0 aliphatic carbocycles. The summed E-state index contributed by atoms with van der Waals surface area (Å²) >= 11 is 0. The molecule has 0 atom stereocenters. The van der Waals surface area contributed by atoms with Gasteiger partial charge in [0.2, 0.25) is 0 Å². The van der Waals surface area contributed by atoms with Crippen molar-refractivity contribution in [1.82, 2.24) is 4.90 Å². The second kappa shape index (κ2) is 6.69. The predicted octanol–water partition coefficient (Wildman–Crippen LogP) is 2.46. The Hall–Kier alpha value is -0.910. The van der Waals surface area contributed by atoms with Crippen LogP contribution in [0.1, 0.15) is 40.2 Å². The van der Waals surface area contributed by atoms with E-state index < -0.39 is 15.4 Å². The summed E-state index contributed by atoms with van der Waals surface area (Å²) in [5.41, 5.74) is 0.299. The fraction of sp³-hybridized carbons (Fsp3) is 0.647. The number of benzene rings is 1. The van der Waals surface area contributed by atoms with Gasteiger partial charge in [0.25, 0.3) is 0 Å². The van der Waals surface area contributed by atoms with Gasteiger partial charge in [-0.15, -0.1) is 0 Å². The van der Waals surface area contributed by atoms with Gasteiger partial charge in [-0.05, 0) is 44.0 Å². The summed E-state index contributed by atoms with van der Waals surface area (Å²) in [5.74, 6) is 0.0500. The van der Waals surface area contributed by atoms with Crippen molar-refractivity contribution in [3.63, 3.8) is 0 Å². The fourth-order valence-corrected chi connectivity index (χ4v) is 3.63. The van der Waals surface area contributed by atoms with E-state index in [1.807, 2.05) is 24.1 Å². The van der Waals surface area contributed by atoms with Crippen LogP contribution in [0.2, 0.25) is 0 Å². The molecule has 22 heavy (non-hydrogen) atoms. The highest BCUT2D eigenvalue weighted by molar-refractivity contribution is 7.91. The molecule has 4 nitrogen and oxygen atoms in total. The normalized spacial score (nSPS) is 13.6.